The van der Waals surface area contributed by atoms with E-state index in [1.165, 1.54) is 12.5 Å². The first kappa shape index (κ1) is 9.28. The molecule has 0 unspecified atom stereocenters. The van der Waals surface area contributed by atoms with Gasteiger partial charge < -0.3 is 5.32 Å². The quantitative estimate of drug-likeness (QED) is 0.753. The highest BCUT2D eigenvalue weighted by Gasteiger charge is 2.14. The van der Waals surface area contributed by atoms with E-state index in [0.717, 1.165) is 22.7 Å². The Labute approximate surface area is 87.6 Å². The zero-order valence-electron chi connectivity index (χ0n) is 7.80. The average molecular weight is 208 g/mol. The highest BCUT2D eigenvalue weighted by atomic mass is 35.5. The number of carbonyl (C=O) groups is 1. The summed E-state index contributed by atoms with van der Waals surface area (Å²) in [5, 5.41) is 3.53. The van der Waals surface area contributed by atoms with Crippen molar-refractivity contribution < 1.29 is 4.79 Å². The maximum atomic E-state index is 10.9. The van der Waals surface area contributed by atoms with E-state index >= 15 is 0 Å². The number of fused-ring (bicyclic) bond motifs is 1. The van der Waals surface area contributed by atoms with Gasteiger partial charge >= 0.3 is 0 Å². The summed E-state index contributed by atoms with van der Waals surface area (Å²) in [5.41, 5.74) is 3.13. The third-order valence-corrected chi connectivity index (χ3v) is 2.43. The molecule has 0 spiro atoms. The van der Waals surface area contributed by atoms with Crippen LogP contribution in [0.1, 0.15) is 18.1 Å². The van der Waals surface area contributed by atoms with Gasteiger partial charge in [0.05, 0.1) is 0 Å². The van der Waals surface area contributed by atoms with Crippen LogP contribution >= 0.6 is 11.6 Å². The number of hydrogen-bond donors (Lipinski definition) is 1. The summed E-state index contributed by atoms with van der Waals surface area (Å²) in [5.74, 6) is -0.0425. The van der Waals surface area contributed by atoms with Crippen molar-refractivity contribution in [3.05, 3.63) is 40.4 Å². The molecule has 0 saturated carbocycles. The summed E-state index contributed by atoms with van der Waals surface area (Å²) in [4.78, 5) is 10.9. The van der Waals surface area contributed by atoms with Gasteiger partial charge in [-0.1, -0.05) is 23.7 Å². The van der Waals surface area contributed by atoms with E-state index in [-0.39, 0.29) is 5.91 Å². The van der Waals surface area contributed by atoms with Gasteiger partial charge in [-0.2, -0.15) is 0 Å². The molecule has 2 rings (SSSR count). The number of allylic oxidation sites excluding steroid dienone is 1. The molecule has 0 heterocycles. The number of rotatable bonds is 1. The number of halogens is 1. The van der Waals surface area contributed by atoms with Gasteiger partial charge in [0.1, 0.15) is 0 Å². The summed E-state index contributed by atoms with van der Waals surface area (Å²) in [6, 6.07) is 5.70. The summed E-state index contributed by atoms with van der Waals surface area (Å²) < 4.78 is 0. The van der Waals surface area contributed by atoms with Gasteiger partial charge in [-0.3, -0.25) is 4.79 Å². The molecule has 0 fully saturated rings. The fourth-order valence-electron chi connectivity index (χ4n) is 1.62. The third-order valence-electron chi connectivity index (χ3n) is 2.19. The van der Waals surface area contributed by atoms with Crippen LogP contribution < -0.4 is 5.32 Å². The minimum atomic E-state index is -0.0425. The Morgan fingerprint density at radius 2 is 2.29 bits per heavy atom. The monoisotopic (exact) mass is 207 g/mol. The zero-order valence-corrected chi connectivity index (χ0v) is 8.56. The highest BCUT2D eigenvalue weighted by Crippen LogP contribution is 2.27. The van der Waals surface area contributed by atoms with Crippen LogP contribution in [0.4, 0.5) is 0 Å². The van der Waals surface area contributed by atoms with Crippen LogP contribution in [0, 0.1) is 0 Å². The topological polar surface area (TPSA) is 29.1 Å². The molecule has 1 amide bonds. The van der Waals surface area contributed by atoms with Crippen molar-refractivity contribution in [2.45, 2.75) is 13.3 Å². The molecule has 1 aliphatic carbocycles. The Morgan fingerprint density at radius 1 is 1.50 bits per heavy atom. The molecule has 0 atom stereocenters. The van der Waals surface area contributed by atoms with E-state index in [4.69, 9.17) is 11.6 Å². The van der Waals surface area contributed by atoms with Crippen molar-refractivity contribution in [2.24, 2.45) is 0 Å². The SMILES string of the molecule is CC(=O)NC1=CCc2cc(Cl)ccc21. The number of hydrogen-bond acceptors (Lipinski definition) is 1. The van der Waals surface area contributed by atoms with Crippen LogP contribution in [0.15, 0.2) is 24.3 Å². The van der Waals surface area contributed by atoms with Crippen LogP contribution in [0.3, 0.4) is 0 Å². The summed E-state index contributed by atoms with van der Waals surface area (Å²) in [6.45, 7) is 1.51. The van der Waals surface area contributed by atoms with Crippen molar-refractivity contribution in [3.63, 3.8) is 0 Å². The minimum Gasteiger partial charge on any atom is -0.326 e. The fourth-order valence-corrected chi connectivity index (χ4v) is 1.82. The van der Waals surface area contributed by atoms with Gasteiger partial charge in [0.25, 0.3) is 0 Å². The molecule has 1 aliphatic rings. The first-order valence-electron chi connectivity index (χ1n) is 4.43. The number of amides is 1. The molecule has 2 nitrogen and oxygen atoms in total. The molecule has 3 heteroatoms. The van der Waals surface area contributed by atoms with E-state index in [2.05, 4.69) is 5.32 Å². The Morgan fingerprint density at radius 3 is 3.00 bits per heavy atom. The second kappa shape index (κ2) is 3.46. The fraction of sp³-hybridized carbons (Fsp3) is 0.182. The van der Waals surface area contributed by atoms with Crippen LogP contribution in [0.25, 0.3) is 5.70 Å². The third kappa shape index (κ3) is 1.66. The second-order valence-electron chi connectivity index (χ2n) is 3.30. The lowest BCUT2D eigenvalue weighted by Gasteiger charge is -2.05. The van der Waals surface area contributed by atoms with Gasteiger partial charge in [-0.05, 0) is 24.1 Å². The smallest absolute Gasteiger partial charge is 0.221 e. The van der Waals surface area contributed by atoms with Gasteiger partial charge in [-0.15, -0.1) is 0 Å². The molecule has 0 radical (unpaired) electrons. The highest BCUT2D eigenvalue weighted by molar-refractivity contribution is 6.30. The lowest BCUT2D eigenvalue weighted by molar-refractivity contribution is -0.117. The number of nitrogens with one attached hydrogen (secondary N) is 1. The molecule has 0 bridgehead atoms. The Bertz CT molecular complexity index is 423. The Hall–Kier alpha value is -1.28. The van der Waals surface area contributed by atoms with Gasteiger partial charge in [0.2, 0.25) is 5.91 Å². The van der Waals surface area contributed by atoms with Crippen molar-refractivity contribution in [1.82, 2.24) is 5.32 Å². The van der Waals surface area contributed by atoms with Crippen molar-refractivity contribution in [2.75, 3.05) is 0 Å². The largest absolute Gasteiger partial charge is 0.326 e. The molecule has 0 aliphatic heterocycles. The molecule has 1 aromatic rings. The second-order valence-corrected chi connectivity index (χ2v) is 3.74. The summed E-state index contributed by atoms with van der Waals surface area (Å²) in [7, 11) is 0. The molecule has 1 N–H and O–H groups in total. The lowest BCUT2D eigenvalue weighted by Crippen LogP contribution is -2.17. The van der Waals surface area contributed by atoms with Gasteiger partial charge in [0, 0.05) is 23.2 Å². The van der Waals surface area contributed by atoms with E-state index in [9.17, 15) is 4.79 Å². The molecule has 14 heavy (non-hydrogen) atoms. The van der Waals surface area contributed by atoms with E-state index in [0.29, 0.717) is 0 Å². The molecular weight excluding hydrogens is 198 g/mol. The first-order valence-corrected chi connectivity index (χ1v) is 4.81. The lowest BCUT2D eigenvalue weighted by atomic mass is 10.1. The van der Waals surface area contributed by atoms with E-state index in [1.807, 2.05) is 24.3 Å². The standard InChI is InChI=1S/C11H10ClNO/c1-7(14)13-11-5-2-8-6-9(12)3-4-10(8)11/h3-6H,2H2,1H3,(H,13,14). The predicted octanol–water partition coefficient (Wildman–Crippen LogP) is 2.37. The van der Waals surface area contributed by atoms with Crippen LogP contribution in [0.5, 0.6) is 0 Å². The van der Waals surface area contributed by atoms with Gasteiger partial charge in [-0.25, -0.2) is 0 Å². The van der Waals surface area contributed by atoms with Crippen molar-refractivity contribution in [1.29, 1.82) is 0 Å². The first-order chi connectivity index (χ1) is 6.66. The molecule has 1 aromatic carbocycles. The number of benzene rings is 1. The molecular formula is C11H10ClNO. The Balaban J connectivity index is 2.32. The molecule has 72 valence electrons. The molecule has 0 aromatic heterocycles. The predicted molar refractivity (Wildman–Crippen MR) is 56.9 cm³/mol. The molecule has 0 saturated heterocycles. The summed E-state index contributed by atoms with van der Waals surface area (Å²) in [6.07, 6.45) is 2.84. The van der Waals surface area contributed by atoms with Crippen LogP contribution in [-0.2, 0) is 11.2 Å². The minimum absolute atomic E-state index is 0.0425. The van der Waals surface area contributed by atoms with Crippen LogP contribution in [-0.4, -0.2) is 5.91 Å². The van der Waals surface area contributed by atoms with Gasteiger partial charge in [0.15, 0.2) is 0 Å². The van der Waals surface area contributed by atoms with Crippen molar-refractivity contribution >= 4 is 23.2 Å². The van der Waals surface area contributed by atoms with Crippen LogP contribution in [0.2, 0.25) is 5.02 Å². The maximum Gasteiger partial charge on any atom is 0.221 e. The van der Waals surface area contributed by atoms with Crippen molar-refractivity contribution in [3.8, 4) is 0 Å². The normalized spacial score (nSPS) is 13.4. The average Bonchev–Trinajstić information content (AvgIpc) is 2.47. The van der Waals surface area contributed by atoms with E-state index < -0.39 is 0 Å². The maximum absolute atomic E-state index is 10.9. The Kier molecular flexibility index (Phi) is 2.30. The van der Waals surface area contributed by atoms with E-state index in [1.54, 1.807) is 0 Å². The number of carbonyl (C=O) groups excluding carboxylic acids is 1. The summed E-state index contributed by atoms with van der Waals surface area (Å²) >= 11 is 5.87. The zero-order chi connectivity index (χ0) is 10.1.